The number of benzene rings is 2. The molecular weight excluding hydrogens is 392 g/mol. The fourth-order valence-electron chi connectivity index (χ4n) is 3.99. The van der Waals surface area contributed by atoms with Crippen LogP contribution in [0.2, 0.25) is 0 Å². The minimum Gasteiger partial charge on any atom is -0.300 e. The third-order valence-electron chi connectivity index (χ3n) is 4.97. The van der Waals surface area contributed by atoms with E-state index >= 15 is 0 Å². The Morgan fingerprint density at radius 1 is 0.905 bits per heavy atom. The van der Waals surface area contributed by atoms with E-state index in [1.54, 1.807) is 0 Å². The summed E-state index contributed by atoms with van der Waals surface area (Å²) in [5.41, 5.74) is 5.41. The molecule has 21 heavy (non-hydrogen) atoms. The van der Waals surface area contributed by atoms with Crippen molar-refractivity contribution < 1.29 is 4.79 Å². The van der Waals surface area contributed by atoms with Gasteiger partial charge in [-0.2, -0.15) is 0 Å². The van der Waals surface area contributed by atoms with Crippen LogP contribution in [-0.2, 0) is 10.2 Å². The highest BCUT2D eigenvalue weighted by Crippen LogP contribution is 2.58. The average molecular weight is 406 g/mol. The molecule has 0 saturated heterocycles. The third kappa shape index (κ3) is 1.83. The average Bonchev–Trinajstić information content (AvgIpc) is 2.78. The molecule has 1 spiro atoms. The lowest BCUT2D eigenvalue weighted by Gasteiger charge is -2.36. The van der Waals surface area contributed by atoms with Gasteiger partial charge < -0.3 is 0 Å². The molecule has 3 heteroatoms. The fourth-order valence-corrected chi connectivity index (χ4v) is 5.04. The standard InChI is InChI=1S/C18H14Br2O/c19-15-6-5-13-12-3-1-2-4-14(12)18(16(13)17(15)20)9-7-11(21)8-10-18/h1-6H,7-10H2. The van der Waals surface area contributed by atoms with E-state index < -0.39 is 0 Å². The van der Waals surface area contributed by atoms with Gasteiger partial charge in [-0.15, -0.1) is 0 Å². The molecule has 2 aromatic carbocycles. The molecule has 2 aliphatic rings. The molecule has 0 aliphatic heterocycles. The zero-order valence-corrected chi connectivity index (χ0v) is 14.6. The lowest BCUT2D eigenvalue weighted by molar-refractivity contribution is -0.121. The molecule has 0 radical (unpaired) electrons. The molecule has 0 atom stereocenters. The lowest BCUT2D eigenvalue weighted by atomic mass is 9.67. The molecule has 0 aromatic heterocycles. The second kappa shape index (κ2) is 4.79. The van der Waals surface area contributed by atoms with Gasteiger partial charge in [-0.3, -0.25) is 4.79 Å². The van der Waals surface area contributed by atoms with E-state index in [4.69, 9.17) is 0 Å². The monoisotopic (exact) mass is 404 g/mol. The smallest absolute Gasteiger partial charge is 0.133 e. The van der Waals surface area contributed by atoms with Crippen LogP contribution >= 0.6 is 31.9 Å². The minimum absolute atomic E-state index is 0.00243. The first-order valence-corrected chi connectivity index (χ1v) is 8.82. The molecule has 2 aliphatic carbocycles. The molecule has 1 fully saturated rings. The van der Waals surface area contributed by atoms with Gasteiger partial charge in [0, 0.05) is 27.2 Å². The summed E-state index contributed by atoms with van der Waals surface area (Å²) in [5.74, 6) is 0.401. The molecule has 0 N–H and O–H groups in total. The van der Waals surface area contributed by atoms with Crippen LogP contribution in [0.4, 0.5) is 0 Å². The van der Waals surface area contributed by atoms with E-state index in [-0.39, 0.29) is 5.41 Å². The summed E-state index contributed by atoms with van der Waals surface area (Å²) >= 11 is 7.43. The van der Waals surface area contributed by atoms with Crippen LogP contribution in [0.25, 0.3) is 11.1 Å². The van der Waals surface area contributed by atoms with Crippen LogP contribution in [0, 0.1) is 0 Å². The molecule has 0 bridgehead atoms. The Hall–Kier alpha value is -0.930. The number of carbonyl (C=O) groups is 1. The van der Waals surface area contributed by atoms with Crippen LogP contribution in [0.1, 0.15) is 36.8 Å². The Morgan fingerprint density at radius 2 is 1.62 bits per heavy atom. The van der Waals surface area contributed by atoms with Crippen molar-refractivity contribution in [3.05, 3.63) is 56.5 Å². The fraction of sp³-hybridized carbons (Fsp3) is 0.278. The normalized spacial score (nSPS) is 18.7. The van der Waals surface area contributed by atoms with Gasteiger partial charge in [0.25, 0.3) is 0 Å². The highest BCUT2D eigenvalue weighted by atomic mass is 79.9. The Labute approximate surface area is 141 Å². The van der Waals surface area contributed by atoms with Crippen molar-refractivity contribution in [2.75, 3.05) is 0 Å². The summed E-state index contributed by atoms with van der Waals surface area (Å²) in [4.78, 5) is 11.8. The first-order chi connectivity index (χ1) is 10.1. The lowest BCUT2D eigenvalue weighted by Crippen LogP contribution is -2.31. The van der Waals surface area contributed by atoms with Crippen LogP contribution in [0.5, 0.6) is 0 Å². The first-order valence-electron chi connectivity index (χ1n) is 7.23. The van der Waals surface area contributed by atoms with Crippen molar-refractivity contribution in [3.63, 3.8) is 0 Å². The highest BCUT2D eigenvalue weighted by Gasteiger charge is 2.46. The maximum absolute atomic E-state index is 11.8. The van der Waals surface area contributed by atoms with E-state index in [0.29, 0.717) is 18.6 Å². The predicted octanol–water partition coefficient (Wildman–Crippen LogP) is 5.62. The molecule has 106 valence electrons. The number of hydrogen-bond acceptors (Lipinski definition) is 1. The summed E-state index contributed by atoms with van der Waals surface area (Å²) in [6, 6.07) is 13.0. The van der Waals surface area contributed by atoms with Crippen LogP contribution in [-0.4, -0.2) is 5.78 Å². The molecule has 0 unspecified atom stereocenters. The molecule has 0 heterocycles. The number of Topliss-reactive ketones (excluding diaryl/α,β-unsaturated/α-hetero) is 1. The van der Waals surface area contributed by atoms with Crippen molar-refractivity contribution in [2.45, 2.75) is 31.1 Å². The number of fused-ring (bicyclic) bond motifs is 5. The van der Waals surface area contributed by atoms with E-state index in [2.05, 4.69) is 68.3 Å². The molecule has 0 amide bonds. The first kappa shape index (κ1) is 13.7. The van der Waals surface area contributed by atoms with Crippen molar-refractivity contribution in [1.29, 1.82) is 0 Å². The second-order valence-corrected chi connectivity index (χ2v) is 7.60. The zero-order valence-electron chi connectivity index (χ0n) is 11.5. The van der Waals surface area contributed by atoms with Gasteiger partial charge in [-0.05, 0) is 73.0 Å². The molecule has 2 aromatic rings. The summed E-state index contributed by atoms with van der Waals surface area (Å²) < 4.78 is 2.23. The van der Waals surface area contributed by atoms with E-state index in [1.165, 1.54) is 22.3 Å². The van der Waals surface area contributed by atoms with E-state index in [1.807, 2.05) is 0 Å². The Bertz CT molecular complexity index is 754. The molecule has 1 saturated carbocycles. The van der Waals surface area contributed by atoms with Gasteiger partial charge in [-0.25, -0.2) is 0 Å². The summed E-state index contributed by atoms with van der Waals surface area (Å²) in [6.07, 6.45) is 3.22. The molecule has 4 rings (SSSR count). The quantitative estimate of drug-likeness (QED) is 0.555. The van der Waals surface area contributed by atoms with Gasteiger partial charge in [0.15, 0.2) is 0 Å². The number of rotatable bonds is 0. The Kier molecular flexibility index (Phi) is 3.13. The molecular formula is C18H14Br2O. The van der Waals surface area contributed by atoms with Crippen molar-refractivity contribution in [2.24, 2.45) is 0 Å². The topological polar surface area (TPSA) is 17.1 Å². The number of hydrogen-bond donors (Lipinski definition) is 0. The van der Waals surface area contributed by atoms with Crippen LogP contribution in [0.15, 0.2) is 45.3 Å². The largest absolute Gasteiger partial charge is 0.300 e. The SMILES string of the molecule is O=C1CCC2(CC1)c1ccccc1-c1ccc(Br)c(Br)c12. The maximum Gasteiger partial charge on any atom is 0.133 e. The van der Waals surface area contributed by atoms with Crippen molar-refractivity contribution in [3.8, 4) is 11.1 Å². The predicted molar refractivity (Wildman–Crippen MR) is 91.5 cm³/mol. The zero-order chi connectivity index (χ0) is 14.6. The highest BCUT2D eigenvalue weighted by molar-refractivity contribution is 9.13. The summed E-state index contributed by atoms with van der Waals surface area (Å²) in [5, 5.41) is 0. The van der Waals surface area contributed by atoms with E-state index in [0.717, 1.165) is 21.8 Å². The van der Waals surface area contributed by atoms with Gasteiger partial charge in [0.05, 0.1) is 0 Å². The van der Waals surface area contributed by atoms with Crippen LogP contribution in [0.3, 0.4) is 0 Å². The van der Waals surface area contributed by atoms with Crippen molar-refractivity contribution in [1.82, 2.24) is 0 Å². The van der Waals surface area contributed by atoms with Gasteiger partial charge in [-0.1, -0.05) is 30.3 Å². The van der Waals surface area contributed by atoms with Gasteiger partial charge >= 0.3 is 0 Å². The van der Waals surface area contributed by atoms with Gasteiger partial charge in [0.2, 0.25) is 0 Å². The number of ketones is 1. The minimum atomic E-state index is 0.00243. The van der Waals surface area contributed by atoms with Crippen molar-refractivity contribution >= 4 is 37.6 Å². The number of halogens is 2. The van der Waals surface area contributed by atoms with Gasteiger partial charge in [0.1, 0.15) is 5.78 Å². The maximum atomic E-state index is 11.8. The van der Waals surface area contributed by atoms with Crippen LogP contribution < -0.4 is 0 Å². The number of carbonyl (C=O) groups excluding carboxylic acids is 1. The van der Waals surface area contributed by atoms with E-state index in [9.17, 15) is 4.79 Å². The Balaban J connectivity index is 2.04. The summed E-state index contributed by atoms with van der Waals surface area (Å²) in [6.45, 7) is 0. The molecule has 1 nitrogen and oxygen atoms in total. The summed E-state index contributed by atoms with van der Waals surface area (Å²) in [7, 11) is 0. The Morgan fingerprint density at radius 3 is 2.38 bits per heavy atom. The third-order valence-corrected chi connectivity index (χ3v) is 6.98. The second-order valence-electron chi connectivity index (χ2n) is 5.95.